The van der Waals surface area contributed by atoms with Gasteiger partial charge in [0.2, 0.25) is 11.8 Å². The number of aliphatic carboxylic acids is 1. The number of carboxylic acids is 1. The molecule has 138 valence electrons. The molecule has 0 spiro atoms. The van der Waals surface area contributed by atoms with Crippen LogP contribution in [-0.4, -0.2) is 57.6 Å². The van der Waals surface area contributed by atoms with Gasteiger partial charge in [-0.1, -0.05) is 12.1 Å². The van der Waals surface area contributed by atoms with Crippen LogP contribution >= 0.6 is 25.3 Å². The molecular weight excluding hydrogens is 366 g/mol. The molecule has 0 aliphatic heterocycles. The van der Waals surface area contributed by atoms with Crippen molar-refractivity contribution in [3.05, 3.63) is 29.8 Å². The fourth-order valence-corrected chi connectivity index (χ4v) is 2.32. The van der Waals surface area contributed by atoms with Gasteiger partial charge in [0.25, 0.3) is 0 Å². The van der Waals surface area contributed by atoms with Gasteiger partial charge >= 0.3 is 5.97 Å². The summed E-state index contributed by atoms with van der Waals surface area (Å²) in [6, 6.07) is 2.85. The fraction of sp³-hybridized carbons (Fsp3) is 0.400. The molecule has 0 saturated carbocycles. The Hall–Kier alpha value is -1.91. The number of hydrogen-bond acceptors (Lipinski definition) is 7. The lowest BCUT2D eigenvalue weighted by molar-refractivity contribution is -0.142. The molecule has 0 bridgehead atoms. The van der Waals surface area contributed by atoms with E-state index in [1.54, 1.807) is 12.1 Å². The van der Waals surface area contributed by atoms with Crippen molar-refractivity contribution in [3.8, 4) is 5.75 Å². The number of carbonyl (C=O) groups excluding carboxylic acids is 2. The lowest BCUT2D eigenvalue weighted by Gasteiger charge is -2.21. The molecule has 0 heterocycles. The quantitative estimate of drug-likeness (QED) is 0.276. The third-order valence-electron chi connectivity index (χ3n) is 3.34. The monoisotopic (exact) mass is 387 g/mol. The van der Waals surface area contributed by atoms with E-state index < -0.39 is 35.9 Å². The van der Waals surface area contributed by atoms with Crippen molar-refractivity contribution in [2.24, 2.45) is 5.73 Å². The highest BCUT2D eigenvalue weighted by atomic mass is 32.1. The van der Waals surface area contributed by atoms with Gasteiger partial charge in [0.05, 0.1) is 6.04 Å². The van der Waals surface area contributed by atoms with Crippen LogP contribution in [0.15, 0.2) is 24.3 Å². The number of aromatic hydroxyl groups is 1. The Kier molecular flexibility index (Phi) is 8.59. The first-order chi connectivity index (χ1) is 11.8. The van der Waals surface area contributed by atoms with Gasteiger partial charge in [-0.15, -0.1) is 0 Å². The number of amides is 2. The fourth-order valence-electron chi connectivity index (χ4n) is 1.90. The van der Waals surface area contributed by atoms with Crippen LogP contribution in [0.5, 0.6) is 5.75 Å². The van der Waals surface area contributed by atoms with Crippen LogP contribution < -0.4 is 16.4 Å². The number of benzene rings is 1. The zero-order chi connectivity index (χ0) is 19.0. The summed E-state index contributed by atoms with van der Waals surface area (Å²) in [5, 5.41) is 23.3. The molecule has 10 heteroatoms. The zero-order valence-corrected chi connectivity index (χ0v) is 15.0. The van der Waals surface area contributed by atoms with E-state index >= 15 is 0 Å². The van der Waals surface area contributed by atoms with Crippen molar-refractivity contribution in [1.82, 2.24) is 10.6 Å². The van der Waals surface area contributed by atoms with E-state index in [0.717, 1.165) is 0 Å². The number of carboxylic acid groups (broad SMARTS) is 1. The summed E-state index contributed by atoms with van der Waals surface area (Å²) in [5.74, 6) is -2.35. The molecule has 0 radical (unpaired) electrons. The topological polar surface area (TPSA) is 142 Å². The SMILES string of the molecule is NC(CS)C(=O)NC(CS)C(=O)NC(Cc1ccc(O)cc1)C(=O)O. The minimum absolute atomic E-state index is 0.0186. The summed E-state index contributed by atoms with van der Waals surface area (Å²) < 4.78 is 0. The Labute approximate surface area is 156 Å². The van der Waals surface area contributed by atoms with Gasteiger partial charge < -0.3 is 26.6 Å². The van der Waals surface area contributed by atoms with Crippen LogP contribution in [0.2, 0.25) is 0 Å². The number of phenols is 1. The Morgan fingerprint density at radius 1 is 1.00 bits per heavy atom. The second kappa shape index (κ2) is 10.2. The molecule has 0 aromatic heterocycles. The van der Waals surface area contributed by atoms with E-state index in [1.165, 1.54) is 12.1 Å². The van der Waals surface area contributed by atoms with Gasteiger partial charge in [-0.25, -0.2) is 4.79 Å². The first-order valence-electron chi connectivity index (χ1n) is 7.37. The first-order valence-corrected chi connectivity index (χ1v) is 8.63. The molecule has 25 heavy (non-hydrogen) atoms. The van der Waals surface area contributed by atoms with Crippen molar-refractivity contribution >= 4 is 43.0 Å². The Bertz CT molecular complexity index is 612. The standard InChI is InChI=1S/C15H21N3O5S2/c16-10(6-24)13(20)18-12(7-25)14(21)17-11(15(22)23)5-8-1-3-9(19)4-2-8/h1-4,10-12,19,24-25H,5-7,16H2,(H,17,21)(H,18,20)(H,22,23). The summed E-state index contributed by atoms with van der Waals surface area (Å²) in [6.07, 6.45) is 0.0186. The van der Waals surface area contributed by atoms with E-state index in [2.05, 4.69) is 35.9 Å². The maximum Gasteiger partial charge on any atom is 0.326 e. The highest BCUT2D eigenvalue weighted by Gasteiger charge is 2.27. The molecule has 3 unspecified atom stereocenters. The molecule has 1 aromatic rings. The lowest BCUT2D eigenvalue weighted by atomic mass is 10.1. The molecule has 6 N–H and O–H groups in total. The average molecular weight is 387 g/mol. The molecule has 0 aliphatic carbocycles. The largest absolute Gasteiger partial charge is 0.508 e. The van der Waals surface area contributed by atoms with Crippen LogP contribution in [0.4, 0.5) is 0 Å². The van der Waals surface area contributed by atoms with E-state index in [-0.39, 0.29) is 23.7 Å². The van der Waals surface area contributed by atoms with Gasteiger partial charge in [0.1, 0.15) is 17.8 Å². The van der Waals surface area contributed by atoms with Gasteiger partial charge in [-0.05, 0) is 17.7 Å². The smallest absolute Gasteiger partial charge is 0.326 e. The number of nitrogens with two attached hydrogens (primary N) is 1. The predicted octanol–water partition coefficient (Wildman–Crippen LogP) is -0.824. The van der Waals surface area contributed by atoms with E-state index in [0.29, 0.717) is 5.56 Å². The Balaban J connectivity index is 2.75. The van der Waals surface area contributed by atoms with Gasteiger partial charge in [-0.3, -0.25) is 9.59 Å². The van der Waals surface area contributed by atoms with Crippen molar-refractivity contribution in [1.29, 1.82) is 0 Å². The van der Waals surface area contributed by atoms with Crippen molar-refractivity contribution in [2.45, 2.75) is 24.5 Å². The number of phenolic OH excluding ortho intramolecular Hbond substituents is 1. The zero-order valence-electron chi connectivity index (χ0n) is 13.3. The third kappa shape index (κ3) is 6.85. The van der Waals surface area contributed by atoms with Crippen LogP contribution in [0, 0.1) is 0 Å². The van der Waals surface area contributed by atoms with Gasteiger partial charge in [0.15, 0.2) is 0 Å². The maximum atomic E-state index is 12.2. The summed E-state index contributed by atoms with van der Waals surface area (Å²) in [6.45, 7) is 0. The summed E-state index contributed by atoms with van der Waals surface area (Å²) in [4.78, 5) is 35.4. The summed E-state index contributed by atoms with van der Waals surface area (Å²) >= 11 is 7.90. The van der Waals surface area contributed by atoms with Crippen LogP contribution in [-0.2, 0) is 20.8 Å². The number of rotatable bonds is 9. The maximum absolute atomic E-state index is 12.2. The Morgan fingerprint density at radius 2 is 1.56 bits per heavy atom. The molecule has 0 saturated heterocycles. The minimum Gasteiger partial charge on any atom is -0.508 e. The summed E-state index contributed by atoms with van der Waals surface area (Å²) in [5.41, 5.74) is 6.14. The molecule has 1 rings (SSSR count). The van der Waals surface area contributed by atoms with Crippen molar-refractivity contribution in [2.75, 3.05) is 11.5 Å². The number of hydrogen-bond donors (Lipinski definition) is 7. The predicted molar refractivity (Wildman–Crippen MR) is 99.0 cm³/mol. The second-order valence-electron chi connectivity index (χ2n) is 5.30. The number of thiol groups is 2. The van der Waals surface area contributed by atoms with E-state index in [4.69, 9.17) is 5.73 Å². The average Bonchev–Trinajstić information content (AvgIpc) is 2.59. The van der Waals surface area contributed by atoms with E-state index in [1.807, 2.05) is 0 Å². The third-order valence-corrected chi connectivity index (χ3v) is 4.10. The molecule has 8 nitrogen and oxygen atoms in total. The molecule has 0 fully saturated rings. The molecular formula is C15H21N3O5S2. The highest BCUT2D eigenvalue weighted by molar-refractivity contribution is 7.80. The van der Waals surface area contributed by atoms with Crippen molar-refractivity contribution in [3.63, 3.8) is 0 Å². The first kappa shape index (κ1) is 21.1. The van der Waals surface area contributed by atoms with Crippen LogP contribution in [0.1, 0.15) is 5.56 Å². The highest BCUT2D eigenvalue weighted by Crippen LogP contribution is 2.11. The summed E-state index contributed by atoms with van der Waals surface area (Å²) in [7, 11) is 0. The molecule has 0 aliphatic rings. The molecule has 1 aromatic carbocycles. The van der Waals surface area contributed by atoms with Crippen LogP contribution in [0.3, 0.4) is 0 Å². The van der Waals surface area contributed by atoms with Gasteiger partial charge in [0, 0.05) is 17.9 Å². The number of carbonyl (C=O) groups is 3. The Morgan fingerprint density at radius 3 is 2.04 bits per heavy atom. The normalized spacial score (nSPS) is 14.2. The molecule has 2 amide bonds. The minimum atomic E-state index is -1.22. The number of nitrogens with one attached hydrogen (secondary N) is 2. The van der Waals surface area contributed by atoms with Gasteiger partial charge in [-0.2, -0.15) is 25.3 Å². The van der Waals surface area contributed by atoms with Crippen molar-refractivity contribution < 1.29 is 24.6 Å². The van der Waals surface area contributed by atoms with E-state index in [9.17, 15) is 24.6 Å². The lowest BCUT2D eigenvalue weighted by Crippen LogP contribution is -2.55. The molecule has 3 atom stereocenters. The second-order valence-corrected chi connectivity index (χ2v) is 6.03. The van der Waals surface area contributed by atoms with Crippen LogP contribution in [0.25, 0.3) is 0 Å².